The summed E-state index contributed by atoms with van der Waals surface area (Å²) in [5.41, 5.74) is 6.15. The minimum absolute atomic E-state index is 0.0623. The van der Waals surface area contributed by atoms with Gasteiger partial charge in [-0.25, -0.2) is 14.5 Å². The summed E-state index contributed by atoms with van der Waals surface area (Å²) >= 11 is 0. The molecule has 0 amide bonds. The molecule has 0 saturated carbocycles. The largest absolute Gasteiger partial charge is 0.497 e. The molecule has 0 radical (unpaired) electrons. The number of carbonyl (C=O) groups excluding carboxylic acids is 1. The molecule has 1 aliphatic rings. The van der Waals surface area contributed by atoms with E-state index in [-0.39, 0.29) is 12.2 Å². The van der Waals surface area contributed by atoms with Gasteiger partial charge in [0.05, 0.1) is 41.5 Å². The van der Waals surface area contributed by atoms with E-state index in [1.807, 2.05) is 77.9 Å². The number of carbonyl (C=O) groups is 1. The fourth-order valence-corrected chi connectivity index (χ4v) is 5.36. The van der Waals surface area contributed by atoms with Gasteiger partial charge in [-0.2, -0.15) is 5.10 Å². The summed E-state index contributed by atoms with van der Waals surface area (Å²) in [5, 5.41) is 4.59. The number of nitrogens with zero attached hydrogens (tertiary/aromatic N) is 5. The van der Waals surface area contributed by atoms with Gasteiger partial charge in [-0.1, -0.05) is 18.2 Å². The molecule has 9 heteroatoms. The van der Waals surface area contributed by atoms with Crippen LogP contribution in [-0.4, -0.2) is 52.5 Å². The summed E-state index contributed by atoms with van der Waals surface area (Å²) < 4.78 is 20.6. The second-order valence-electron chi connectivity index (χ2n) is 10.0. The Balaban J connectivity index is 1.45. The maximum atomic E-state index is 12.7. The maximum Gasteiger partial charge on any atom is 0.339 e. The van der Waals surface area contributed by atoms with Gasteiger partial charge in [0.1, 0.15) is 5.75 Å². The first-order valence-electron chi connectivity index (χ1n) is 13.7. The van der Waals surface area contributed by atoms with Crippen molar-refractivity contribution in [3.8, 4) is 17.0 Å². The first-order valence-corrected chi connectivity index (χ1v) is 13.7. The molecule has 6 rings (SSSR count). The summed E-state index contributed by atoms with van der Waals surface area (Å²) in [7, 11) is 3.67. The van der Waals surface area contributed by atoms with E-state index in [4.69, 9.17) is 19.2 Å². The third-order valence-electron chi connectivity index (χ3n) is 7.36. The van der Waals surface area contributed by atoms with Crippen LogP contribution < -0.4 is 9.64 Å². The molecular weight excluding hydrogens is 506 g/mol. The Labute approximate surface area is 232 Å². The van der Waals surface area contributed by atoms with Gasteiger partial charge in [-0.3, -0.25) is 0 Å². The van der Waals surface area contributed by atoms with Gasteiger partial charge in [0.25, 0.3) is 0 Å². The number of hydrogen-bond acceptors (Lipinski definition) is 7. The summed E-state index contributed by atoms with van der Waals surface area (Å²) in [6.45, 7) is 3.50. The van der Waals surface area contributed by atoms with E-state index in [2.05, 4.69) is 22.1 Å². The molecule has 2 aromatic carbocycles. The van der Waals surface area contributed by atoms with Crippen LogP contribution in [0.1, 0.15) is 48.3 Å². The third-order valence-corrected chi connectivity index (χ3v) is 7.36. The zero-order chi connectivity index (χ0) is 27.6. The minimum Gasteiger partial charge on any atom is -0.497 e. The maximum absolute atomic E-state index is 12.7. The predicted octanol–water partition coefficient (Wildman–Crippen LogP) is 5.87. The summed E-state index contributed by atoms with van der Waals surface area (Å²) in [4.78, 5) is 19.9. The Morgan fingerprint density at radius 2 is 1.95 bits per heavy atom. The standard InChI is InChI=1S/C31H33N5O4/c1-4-39-31(37)23-18-28-30(34(2)19-21-8-11-24(38-3)12-9-21)33-25-17-22(10-13-27(25)35(28)20-23)26-14-15-32-36(26)29-7-5-6-16-40-29/h8-15,17-18,20,29H,4-7,16,19H2,1-3H3. The van der Waals surface area contributed by atoms with Crippen molar-refractivity contribution in [2.45, 2.75) is 39.0 Å². The van der Waals surface area contributed by atoms with Crippen LogP contribution >= 0.6 is 0 Å². The van der Waals surface area contributed by atoms with Crippen LogP contribution in [0.3, 0.4) is 0 Å². The first kappa shape index (κ1) is 25.9. The van der Waals surface area contributed by atoms with Crippen molar-refractivity contribution in [1.29, 1.82) is 0 Å². The van der Waals surface area contributed by atoms with Crippen molar-refractivity contribution in [2.75, 3.05) is 32.3 Å². The van der Waals surface area contributed by atoms with Gasteiger partial charge >= 0.3 is 5.97 Å². The molecule has 0 aliphatic carbocycles. The lowest BCUT2D eigenvalue weighted by molar-refractivity contribution is -0.0383. The molecule has 1 atom stereocenters. The molecule has 5 aromatic rings. The van der Waals surface area contributed by atoms with Crippen LogP contribution in [0.15, 0.2) is 67.0 Å². The van der Waals surface area contributed by atoms with Crippen LogP contribution in [0.25, 0.3) is 27.8 Å². The lowest BCUT2D eigenvalue weighted by Gasteiger charge is -2.24. The Bertz CT molecular complexity index is 1650. The second-order valence-corrected chi connectivity index (χ2v) is 10.0. The van der Waals surface area contributed by atoms with Gasteiger partial charge in [0, 0.05) is 38.2 Å². The van der Waals surface area contributed by atoms with Gasteiger partial charge in [-0.15, -0.1) is 0 Å². The number of ether oxygens (including phenoxy) is 3. The molecule has 1 saturated heterocycles. The van der Waals surface area contributed by atoms with Gasteiger partial charge in [-0.05, 0) is 68.1 Å². The van der Waals surface area contributed by atoms with Crippen molar-refractivity contribution in [1.82, 2.24) is 19.2 Å². The summed E-state index contributed by atoms with van der Waals surface area (Å²) in [5.74, 6) is 1.23. The minimum atomic E-state index is -0.351. The highest BCUT2D eigenvalue weighted by atomic mass is 16.5. The molecule has 3 aromatic heterocycles. The predicted molar refractivity (Wildman–Crippen MR) is 154 cm³/mol. The monoisotopic (exact) mass is 539 g/mol. The Morgan fingerprint density at radius 1 is 1.10 bits per heavy atom. The number of rotatable bonds is 8. The molecular formula is C31H33N5O4. The fraction of sp³-hybridized carbons (Fsp3) is 0.323. The number of anilines is 1. The quantitative estimate of drug-likeness (QED) is 0.228. The van der Waals surface area contributed by atoms with Crippen LogP contribution in [0.5, 0.6) is 5.75 Å². The Hall–Kier alpha value is -4.37. The van der Waals surface area contributed by atoms with E-state index in [0.717, 1.165) is 70.8 Å². The average molecular weight is 540 g/mol. The summed E-state index contributed by atoms with van der Waals surface area (Å²) in [6, 6.07) is 18.1. The normalized spacial score (nSPS) is 15.4. The van der Waals surface area contributed by atoms with Gasteiger partial charge in [0.2, 0.25) is 0 Å². The van der Waals surface area contributed by atoms with E-state index in [1.165, 1.54) is 0 Å². The topological polar surface area (TPSA) is 83.1 Å². The Morgan fingerprint density at radius 3 is 2.70 bits per heavy atom. The van der Waals surface area contributed by atoms with Gasteiger partial charge < -0.3 is 23.5 Å². The van der Waals surface area contributed by atoms with Crippen molar-refractivity contribution in [3.05, 3.63) is 78.1 Å². The molecule has 0 spiro atoms. The molecule has 9 nitrogen and oxygen atoms in total. The van der Waals surface area contributed by atoms with Crippen molar-refractivity contribution >= 4 is 28.3 Å². The van der Waals surface area contributed by atoms with E-state index in [0.29, 0.717) is 18.7 Å². The van der Waals surface area contributed by atoms with E-state index in [1.54, 1.807) is 7.11 Å². The van der Waals surface area contributed by atoms with Crippen molar-refractivity contribution in [2.24, 2.45) is 0 Å². The lowest BCUT2D eigenvalue weighted by atomic mass is 10.1. The molecule has 1 unspecified atom stereocenters. The van der Waals surface area contributed by atoms with Crippen LogP contribution in [0.4, 0.5) is 5.82 Å². The zero-order valence-electron chi connectivity index (χ0n) is 23.0. The number of aromatic nitrogens is 4. The second kappa shape index (κ2) is 11.0. The molecule has 1 fully saturated rings. The molecule has 40 heavy (non-hydrogen) atoms. The number of fused-ring (bicyclic) bond motifs is 3. The molecule has 4 heterocycles. The average Bonchev–Trinajstić information content (AvgIpc) is 3.66. The van der Waals surface area contributed by atoms with Crippen LogP contribution in [0, 0.1) is 0 Å². The van der Waals surface area contributed by atoms with Gasteiger partial charge in [0.15, 0.2) is 12.0 Å². The lowest BCUT2D eigenvalue weighted by Crippen LogP contribution is -2.20. The summed E-state index contributed by atoms with van der Waals surface area (Å²) in [6.07, 6.45) is 6.75. The highest BCUT2D eigenvalue weighted by molar-refractivity contribution is 5.95. The van der Waals surface area contributed by atoms with E-state index in [9.17, 15) is 4.79 Å². The number of hydrogen-bond donors (Lipinski definition) is 0. The smallest absolute Gasteiger partial charge is 0.339 e. The van der Waals surface area contributed by atoms with Crippen molar-refractivity contribution < 1.29 is 19.0 Å². The molecule has 0 N–H and O–H groups in total. The number of benzene rings is 2. The Kier molecular flexibility index (Phi) is 7.13. The zero-order valence-corrected chi connectivity index (χ0v) is 23.0. The number of methoxy groups -OCH3 is 1. The SMILES string of the molecule is CCOC(=O)c1cc2c(N(C)Cc3ccc(OC)cc3)nc3cc(-c4ccnn4C4CCCCO4)ccc3n2c1. The van der Waals surface area contributed by atoms with E-state index >= 15 is 0 Å². The molecule has 0 bridgehead atoms. The van der Waals surface area contributed by atoms with Crippen LogP contribution in [0.2, 0.25) is 0 Å². The third kappa shape index (κ3) is 4.88. The fourth-order valence-electron chi connectivity index (χ4n) is 5.36. The van der Waals surface area contributed by atoms with Crippen molar-refractivity contribution in [3.63, 3.8) is 0 Å². The first-order chi connectivity index (χ1) is 19.6. The number of esters is 1. The molecule has 1 aliphatic heterocycles. The van der Waals surface area contributed by atoms with Crippen LogP contribution in [-0.2, 0) is 16.0 Å². The highest BCUT2D eigenvalue weighted by Crippen LogP contribution is 2.33. The van der Waals surface area contributed by atoms with E-state index < -0.39 is 0 Å². The molecule has 206 valence electrons. The highest BCUT2D eigenvalue weighted by Gasteiger charge is 2.21.